The minimum absolute atomic E-state index is 0.223. The first-order chi connectivity index (χ1) is 16.3. The molecule has 1 fully saturated rings. The van der Waals surface area contributed by atoms with E-state index in [2.05, 4.69) is 20.6 Å². The molecule has 7 nitrogen and oxygen atoms in total. The standard InChI is InChI=1S/C24H26F3N5O2/c1-31-23(12-21(30-31)15-3-6-17(25)7-4-15)29-24(33)28-22-14-32(9-10-34-2)13-18(22)16-5-8-19(26)20(27)11-16/h3-8,11-12,18,22H,9-10,13-14H2,1-2H3,(H2,28,29,33)/t18-,22?/m0/s1. The maximum absolute atomic E-state index is 13.9. The van der Waals surface area contributed by atoms with Crippen LogP contribution in [-0.4, -0.2) is 60.1 Å². The van der Waals surface area contributed by atoms with Gasteiger partial charge >= 0.3 is 6.03 Å². The summed E-state index contributed by atoms with van der Waals surface area (Å²) in [5.41, 5.74) is 1.92. The third-order valence-electron chi connectivity index (χ3n) is 5.96. The summed E-state index contributed by atoms with van der Waals surface area (Å²) in [6.45, 7) is 2.27. The second-order valence-electron chi connectivity index (χ2n) is 8.28. The number of nitrogens with zero attached hydrogens (tertiary/aromatic N) is 3. The molecule has 2 aromatic carbocycles. The number of nitrogens with one attached hydrogen (secondary N) is 2. The number of hydrogen-bond donors (Lipinski definition) is 2. The molecule has 3 aromatic rings. The largest absolute Gasteiger partial charge is 0.383 e. The Morgan fingerprint density at radius 3 is 2.56 bits per heavy atom. The molecule has 2 N–H and O–H groups in total. The molecule has 1 unspecified atom stereocenters. The van der Waals surface area contributed by atoms with Gasteiger partial charge in [-0.05, 0) is 42.0 Å². The number of benzene rings is 2. The molecule has 0 aliphatic carbocycles. The van der Waals surface area contributed by atoms with Crippen molar-refractivity contribution in [1.29, 1.82) is 0 Å². The molecule has 1 aliphatic heterocycles. The first-order valence-corrected chi connectivity index (χ1v) is 10.9. The number of urea groups is 1. The number of anilines is 1. The Morgan fingerprint density at radius 2 is 1.85 bits per heavy atom. The lowest BCUT2D eigenvalue weighted by Gasteiger charge is -2.20. The summed E-state index contributed by atoms with van der Waals surface area (Å²) in [4.78, 5) is 14.9. The van der Waals surface area contributed by atoms with Gasteiger partial charge in [0.2, 0.25) is 0 Å². The van der Waals surface area contributed by atoms with Crippen LogP contribution in [0, 0.1) is 17.5 Å². The monoisotopic (exact) mass is 473 g/mol. The Hall–Kier alpha value is -3.37. The van der Waals surface area contributed by atoms with Crippen molar-refractivity contribution in [3.8, 4) is 11.3 Å². The summed E-state index contributed by atoms with van der Waals surface area (Å²) in [7, 11) is 3.30. The number of carbonyl (C=O) groups is 1. The highest BCUT2D eigenvalue weighted by Gasteiger charge is 2.35. The summed E-state index contributed by atoms with van der Waals surface area (Å²) < 4.78 is 47.2. The molecule has 0 radical (unpaired) electrons. The van der Waals surface area contributed by atoms with Gasteiger partial charge < -0.3 is 10.1 Å². The first kappa shape index (κ1) is 23.8. The number of amides is 2. The van der Waals surface area contributed by atoms with Crippen molar-refractivity contribution >= 4 is 11.8 Å². The lowest BCUT2D eigenvalue weighted by Crippen LogP contribution is -2.42. The van der Waals surface area contributed by atoms with Crippen molar-refractivity contribution < 1.29 is 22.7 Å². The van der Waals surface area contributed by atoms with E-state index in [4.69, 9.17) is 4.74 Å². The Balaban J connectivity index is 1.47. The van der Waals surface area contributed by atoms with Crippen LogP contribution in [0.15, 0.2) is 48.5 Å². The highest BCUT2D eigenvalue weighted by Crippen LogP contribution is 2.29. The van der Waals surface area contributed by atoms with E-state index in [-0.39, 0.29) is 17.8 Å². The lowest BCUT2D eigenvalue weighted by atomic mass is 9.94. The number of hydrogen-bond acceptors (Lipinski definition) is 4. The fraction of sp³-hybridized carbons (Fsp3) is 0.333. The molecule has 4 rings (SSSR count). The minimum Gasteiger partial charge on any atom is -0.383 e. The molecule has 0 saturated carbocycles. The Kier molecular flexibility index (Phi) is 7.18. The van der Waals surface area contributed by atoms with Gasteiger partial charge in [0, 0.05) is 51.3 Å². The van der Waals surface area contributed by atoms with Crippen molar-refractivity contribution in [2.45, 2.75) is 12.0 Å². The van der Waals surface area contributed by atoms with Crippen molar-refractivity contribution in [3.63, 3.8) is 0 Å². The molecular formula is C24H26F3N5O2. The zero-order chi connectivity index (χ0) is 24.2. The third kappa shape index (κ3) is 5.40. The van der Waals surface area contributed by atoms with Gasteiger partial charge in [0.15, 0.2) is 11.6 Å². The second-order valence-corrected chi connectivity index (χ2v) is 8.28. The van der Waals surface area contributed by atoms with Crippen LogP contribution in [0.4, 0.5) is 23.8 Å². The predicted molar refractivity (Wildman–Crippen MR) is 122 cm³/mol. The van der Waals surface area contributed by atoms with Gasteiger partial charge in [0.25, 0.3) is 0 Å². The van der Waals surface area contributed by atoms with E-state index < -0.39 is 17.7 Å². The highest BCUT2D eigenvalue weighted by atomic mass is 19.2. The number of methoxy groups -OCH3 is 1. The number of aromatic nitrogens is 2. The number of ether oxygens (including phenoxy) is 1. The molecule has 10 heteroatoms. The van der Waals surface area contributed by atoms with Gasteiger partial charge in [-0.3, -0.25) is 14.9 Å². The molecule has 2 atom stereocenters. The van der Waals surface area contributed by atoms with Gasteiger partial charge in [-0.2, -0.15) is 5.10 Å². The molecule has 180 valence electrons. The van der Waals surface area contributed by atoms with E-state index in [1.165, 1.54) is 22.9 Å². The van der Waals surface area contributed by atoms with Crippen molar-refractivity contribution in [3.05, 3.63) is 71.5 Å². The maximum atomic E-state index is 13.9. The zero-order valence-corrected chi connectivity index (χ0v) is 18.9. The SMILES string of the molecule is COCCN1CC(NC(=O)Nc2cc(-c3ccc(F)cc3)nn2C)[C@H](c2ccc(F)c(F)c2)C1. The molecule has 1 aromatic heterocycles. The molecule has 2 amide bonds. The van der Waals surface area contributed by atoms with E-state index in [1.54, 1.807) is 38.4 Å². The summed E-state index contributed by atoms with van der Waals surface area (Å²) in [5, 5.41) is 10.1. The van der Waals surface area contributed by atoms with Gasteiger partial charge in [0.05, 0.1) is 18.3 Å². The van der Waals surface area contributed by atoms with Crippen molar-refractivity contribution in [2.24, 2.45) is 7.05 Å². The average molecular weight is 473 g/mol. The number of carbonyl (C=O) groups excluding carboxylic acids is 1. The van der Waals surface area contributed by atoms with Gasteiger partial charge in [0.1, 0.15) is 11.6 Å². The molecule has 1 saturated heterocycles. The predicted octanol–water partition coefficient (Wildman–Crippen LogP) is 3.74. The van der Waals surface area contributed by atoms with Crippen LogP contribution in [0.2, 0.25) is 0 Å². The normalized spacial score (nSPS) is 18.3. The summed E-state index contributed by atoms with van der Waals surface area (Å²) in [5.74, 6) is -1.94. The summed E-state index contributed by atoms with van der Waals surface area (Å²) in [6, 6.07) is 10.7. The van der Waals surface area contributed by atoms with Gasteiger partial charge in [-0.25, -0.2) is 18.0 Å². The van der Waals surface area contributed by atoms with Crippen LogP contribution >= 0.6 is 0 Å². The zero-order valence-electron chi connectivity index (χ0n) is 18.9. The molecule has 1 aliphatic rings. The molecule has 34 heavy (non-hydrogen) atoms. The smallest absolute Gasteiger partial charge is 0.320 e. The molecule has 0 spiro atoms. The van der Waals surface area contributed by atoms with E-state index in [0.717, 1.165) is 6.07 Å². The number of halogens is 3. The van der Waals surface area contributed by atoms with E-state index in [9.17, 15) is 18.0 Å². The van der Waals surface area contributed by atoms with Crippen LogP contribution in [0.25, 0.3) is 11.3 Å². The number of aryl methyl sites for hydroxylation is 1. The molecular weight excluding hydrogens is 447 g/mol. The first-order valence-electron chi connectivity index (χ1n) is 10.9. The Labute approximate surface area is 195 Å². The van der Waals surface area contributed by atoms with Crippen molar-refractivity contribution in [2.75, 3.05) is 38.7 Å². The van der Waals surface area contributed by atoms with Crippen LogP contribution in [0.5, 0.6) is 0 Å². The fourth-order valence-electron chi connectivity index (χ4n) is 4.18. The van der Waals surface area contributed by atoms with Gasteiger partial charge in [-0.1, -0.05) is 6.07 Å². The average Bonchev–Trinajstić information content (AvgIpc) is 3.37. The molecule has 2 heterocycles. The van der Waals surface area contributed by atoms with Crippen LogP contribution in [0.3, 0.4) is 0 Å². The minimum atomic E-state index is -0.917. The van der Waals surface area contributed by atoms with Crippen molar-refractivity contribution in [1.82, 2.24) is 20.0 Å². The van der Waals surface area contributed by atoms with Crippen LogP contribution < -0.4 is 10.6 Å². The summed E-state index contributed by atoms with van der Waals surface area (Å²) >= 11 is 0. The highest BCUT2D eigenvalue weighted by molar-refractivity contribution is 5.89. The van der Waals surface area contributed by atoms with E-state index >= 15 is 0 Å². The third-order valence-corrected chi connectivity index (χ3v) is 5.96. The van der Waals surface area contributed by atoms with Crippen LogP contribution in [0.1, 0.15) is 11.5 Å². The summed E-state index contributed by atoms with van der Waals surface area (Å²) in [6.07, 6.45) is 0. The fourth-order valence-corrected chi connectivity index (χ4v) is 4.18. The number of rotatable bonds is 7. The lowest BCUT2D eigenvalue weighted by molar-refractivity contribution is 0.159. The Bertz CT molecular complexity index is 1150. The van der Waals surface area contributed by atoms with E-state index in [1.807, 2.05) is 0 Å². The second kappa shape index (κ2) is 10.3. The van der Waals surface area contributed by atoms with Gasteiger partial charge in [-0.15, -0.1) is 0 Å². The molecule has 0 bridgehead atoms. The number of likely N-dealkylation sites (tertiary alicyclic amines) is 1. The Morgan fingerprint density at radius 1 is 1.09 bits per heavy atom. The van der Waals surface area contributed by atoms with Crippen LogP contribution in [-0.2, 0) is 11.8 Å². The van der Waals surface area contributed by atoms with E-state index in [0.29, 0.717) is 48.9 Å². The maximum Gasteiger partial charge on any atom is 0.320 e. The quantitative estimate of drug-likeness (QED) is 0.549. The topological polar surface area (TPSA) is 71.4 Å².